The van der Waals surface area contributed by atoms with Gasteiger partial charge in [-0.2, -0.15) is 13.2 Å². The number of hydrogen-bond donors (Lipinski definition) is 3. The zero-order valence-corrected chi connectivity index (χ0v) is 15.2. The summed E-state index contributed by atoms with van der Waals surface area (Å²) in [7, 11) is -2.45. The van der Waals surface area contributed by atoms with Crippen molar-refractivity contribution >= 4 is 33.1 Å². The van der Waals surface area contributed by atoms with Crippen molar-refractivity contribution in [2.45, 2.75) is 16.0 Å². The van der Waals surface area contributed by atoms with E-state index in [9.17, 15) is 21.6 Å². The molecule has 1 aliphatic rings. The lowest BCUT2D eigenvalue weighted by molar-refractivity contribution is -0.137. The average molecular weight is 420 g/mol. The van der Waals surface area contributed by atoms with E-state index < -0.39 is 31.5 Å². The van der Waals surface area contributed by atoms with E-state index in [1.165, 1.54) is 29.4 Å². The minimum atomic E-state index is -4.76. The van der Waals surface area contributed by atoms with Gasteiger partial charge in [0, 0.05) is 7.05 Å². The molecule has 0 radical (unpaired) electrons. The monoisotopic (exact) mass is 419 g/mol. The molecule has 7 nitrogen and oxygen atoms in total. The van der Waals surface area contributed by atoms with Crippen molar-refractivity contribution in [1.82, 2.24) is 21.5 Å². The van der Waals surface area contributed by atoms with Crippen molar-refractivity contribution in [2.24, 2.45) is 4.99 Å². The number of rotatable bonds is 3. The minimum Gasteiger partial charge on any atom is -0.275 e. The number of guanidine groups is 1. The minimum absolute atomic E-state index is 0.163. The molecular formula is C15H13ClF3N5O2S. The normalized spacial score (nSPS) is 17.0. The van der Waals surface area contributed by atoms with Gasteiger partial charge in [0.15, 0.2) is 0 Å². The van der Waals surface area contributed by atoms with E-state index in [1.54, 1.807) is 7.05 Å². The largest absolute Gasteiger partial charge is 0.417 e. The van der Waals surface area contributed by atoms with Crippen LogP contribution in [0.4, 0.5) is 18.9 Å². The van der Waals surface area contributed by atoms with Crippen LogP contribution in [0.2, 0.25) is 5.02 Å². The molecule has 1 heterocycles. The first-order chi connectivity index (χ1) is 12.6. The highest BCUT2D eigenvalue weighted by atomic mass is 35.5. The van der Waals surface area contributed by atoms with Gasteiger partial charge in [0.25, 0.3) is 0 Å². The lowest BCUT2D eigenvalue weighted by atomic mass is 10.2. The van der Waals surface area contributed by atoms with Gasteiger partial charge in [0.05, 0.1) is 26.1 Å². The molecule has 0 aliphatic carbocycles. The highest BCUT2D eigenvalue weighted by molar-refractivity contribution is 7.91. The Kier molecular flexibility index (Phi) is 5.04. The van der Waals surface area contributed by atoms with E-state index >= 15 is 0 Å². The van der Waals surface area contributed by atoms with Crippen LogP contribution in [0.15, 0.2) is 57.2 Å². The summed E-state index contributed by atoms with van der Waals surface area (Å²) in [5.41, 5.74) is 7.50. The third kappa shape index (κ3) is 4.16. The molecule has 2 aromatic carbocycles. The molecule has 0 amide bonds. The number of nitrogens with zero attached hydrogens (tertiary/aromatic N) is 2. The number of benzene rings is 2. The number of sulfone groups is 1. The van der Waals surface area contributed by atoms with Crippen LogP contribution >= 0.6 is 11.6 Å². The molecule has 1 fully saturated rings. The van der Waals surface area contributed by atoms with Gasteiger partial charge in [-0.3, -0.25) is 10.9 Å². The fraction of sp³-hybridized carbons (Fsp3) is 0.133. The highest BCUT2D eigenvalue weighted by Gasteiger charge is 2.34. The molecule has 0 atom stereocenters. The summed E-state index contributed by atoms with van der Waals surface area (Å²) in [5, 5.41) is 0.943. The predicted molar refractivity (Wildman–Crippen MR) is 92.6 cm³/mol. The van der Waals surface area contributed by atoms with E-state index in [0.29, 0.717) is 17.7 Å². The summed E-state index contributed by atoms with van der Waals surface area (Å²) in [5.74, 6) is 0.389. The molecule has 0 unspecified atom stereocenters. The molecule has 0 bridgehead atoms. The van der Waals surface area contributed by atoms with Crippen LogP contribution < -0.4 is 16.4 Å². The van der Waals surface area contributed by atoms with Crippen molar-refractivity contribution in [1.29, 1.82) is 0 Å². The Morgan fingerprint density at radius 3 is 2.26 bits per heavy atom. The number of halogens is 4. The molecule has 0 saturated carbocycles. The molecule has 0 aromatic heterocycles. The lowest BCUT2D eigenvalue weighted by Crippen LogP contribution is -2.35. The molecule has 27 heavy (non-hydrogen) atoms. The number of nitrogens with one attached hydrogen (secondary N) is 3. The van der Waals surface area contributed by atoms with Crippen LogP contribution in [0.25, 0.3) is 0 Å². The number of hydrogen-bond acceptors (Lipinski definition) is 5. The molecule has 2 aromatic rings. The standard InChI is InChI=1S/C15H13ClF3N5O2S/c1-24-22-14(21-23-24)20-9-2-4-10(5-3-9)27(25,26)11-6-7-13(16)12(8-11)15(17,18)19/h2-8,23H,1H3,(H2,20,21,22). The number of alkyl halides is 3. The molecule has 0 spiro atoms. The lowest BCUT2D eigenvalue weighted by Gasteiger charge is -2.11. The van der Waals surface area contributed by atoms with Crippen molar-refractivity contribution < 1.29 is 21.6 Å². The number of hydrazine groups is 3. The molecule has 12 heteroatoms. The second kappa shape index (κ2) is 7.00. The Labute approximate surface area is 157 Å². The van der Waals surface area contributed by atoms with Gasteiger partial charge >= 0.3 is 6.18 Å². The topological polar surface area (TPSA) is 85.8 Å². The van der Waals surface area contributed by atoms with Gasteiger partial charge in [-0.05, 0) is 42.5 Å². The maximum absolute atomic E-state index is 13.0. The maximum atomic E-state index is 13.0. The predicted octanol–water partition coefficient (Wildman–Crippen LogP) is 2.64. The molecular weight excluding hydrogens is 407 g/mol. The first-order valence-electron chi connectivity index (χ1n) is 7.40. The van der Waals surface area contributed by atoms with Gasteiger partial charge in [0.1, 0.15) is 0 Å². The van der Waals surface area contributed by atoms with Crippen LogP contribution in [-0.2, 0) is 16.0 Å². The number of aliphatic imine (C=N–C) groups is 1. The van der Waals surface area contributed by atoms with Crippen molar-refractivity contribution in [3.8, 4) is 0 Å². The molecule has 1 aliphatic heterocycles. The molecule has 3 rings (SSSR count). The first kappa shape index (κ1) is 19.4. The highest BCUT2D eigenvalue weighted by Crippen LogP contribution is 2.37. The fourth-order valence-corrected chi connectivity index (χ4v) is 3.77. The summed E-state index contributed by atoms with van der Waals surface area (Å²) >= 11 is 5.54. The third-order valence-electron chi connectivity index (χ3n) is 3.56. The summed E-state index contributed by atoms with van der Waals surface area (Å²) in [6.07, 6.45) is -4.76. The summed E-state index contributed by atoms with van der Waals surface area (Å²) in [4.78, 5) is 3.53. The van der Waals surface area contributed by atoms with E-state index in [-0.39, 0.29) is 4.90 Å². The Bertz CT molecular complexity index is 994. The van der Waals surface area contributed by atoms with Crippen LogP contribution in [0, 0.1) is 0 Å². The first-order valence-corrected chi connectivity index (χ1v) is 9.26. The van der Waals surface area contributed by atoms with Crippen molar-refractivity contribution in [2.75, 3.05) is 7.05 Å². The molecule has 144 valence electrons. The zero-order chi connectivity index (χ0) is 19.8. The molecule has 3 N–H and O–H groups in total. The van der Waals surface area contributed by atoms with Crippen LogP contribution in [0.3, 0.4) is 0 Å². The van der Waals surface area contributed by atoms with Gasteiger partial charge in [-0.1, -0.05) is 11.6 Å². The van der Waals surface area contributed by atoms with Gasteiger partial charge < -0.3 is 0 Å². The zero-order valence-electron chi connectivity index (χ0n) is 13.7. The average Bonchev–Trinajstić information content (AvgIpc) is 2.99. The maximum Gasteiger partial charge on any atom is 0.417 e. The Balaban J connectivity index is 1.92. The van der Waals surface area contributed by atoms with E-state index in [4.69, 9.17) is 11.6 Å². The summed E-state index contributed by atoms with van der Waals surface area (Å²) in [6.45, 7) is 0. The fourth-order valence-electron chi connectivity index (χ4n) is 2.26. The van der Waals surface area contributed by atoms with E-state index in [0.717, 1.165) is 12.1 Å². The van der Waals surface area contributed by atoms with Crippen LogP contribution in [0.1, 0.15) is 5.56 Å². The third-order valence-corrected chi connectivity index (χ3v) is 5.65. The smallest absolute Gasteiger partial charge is 0.275 e. The Morgan fingerprint density at radius 2 is 1.70 bits per heavy atom. The quantitative estimate of drug-likeness (QED) is 0.709. The Hall–Kier alpha value is -2.34. The molecule has 1 saturated heterocycles. The Morgan fingerprint density at radius 1 is 1.07 bits per heavy atom. The summed E-state index contributed by atoms with van der Waals surface area (Å²) < 4.78 is 64.2. The van der Waals surface area contributed by atoms with Gasteiger partial charge in [-0.15, -0.1) is 10.7 Å². The van der Waals surface area contributed by atoms with Crippen LogP contribution in [0.5, 0.6) is 0 Å². The van der Waals surface area contributed by atoms with Gasteiger partial charge in [-0.25, -0.2) is 13.4 Å². The summed E-state index contributed by atoms with van der Waals surface area (Å²) in [6, 6.07) is 7.88. The van der Waals surface area contributed by atoms with E-state index in [1.807, 2.05) is 0 Å². The second-order valence-electron chi connectivity index (χ2n) is 5.50. The SMILES string of the molecule is CN1NNC(=Nc2ccc(S(=O)(=O)c3ccc(Cl)c(C(F)(F)F)c3)cc2)N1. The van der Waals surface area contributed by atoms with E-state index in [2.05, 4.69) is 21.4 Å². The second-order valence-corrected chi connectivity index (χ2v) is 7.86. The van der Waals surface area contributed by atoms with Crippen molar-refractivity contribution in [3.63, 3.8) is 0 Å². The van der Waals surface area contributed by atoms with Gasteiger partial charge in [0.2, 0.25) is 15.8 Å². The van der Waals surface area contributed by atoms with Crippen molar-refractivity contribution in [3.05, 3.63) is 53.1 Å². The van der Waals surface area contributed by atoms with Crippen LogP contribution in [-0.4, -0.2) is 26.5 Å².